The molecule has 0 aliphatic rings. The van der Waals surface area contributed by atoms with Crippen molar-refractivity contribution in [2.45, 2.75) is 34.8 Å². The second-order valence-corrected chi connectivity index (χ2v) is 9.69. The molecule has 0 aliphatic heterocycles. The van der Waals surface area contributed by atoms with Crippen LogP contribution in [0.4, 0.5) is 5.69 Å². The molecule has 7 nitrogen and oxygen atoms in total. The van der Waals surface area contributed by atoms with E-state index in [-0.39, 0.29) is 16.6 Å². The van der Waals surface area contributed by atoms with Gasteiger partial charge >= 0.3 is 0 Å². The zero-order valence-electron chi connectivity index (χ0n) is 16.1. The van der Waals surface area contributed by atoms with Crippen LogP contribution in [0.15, 0.2) is 57.4 Å². The van der Waals surface area contributed by atoms with E-state index in [4.69, 9.17) is 5.14 Å². The maximum Gasteiger partial charge on any atom is 0.238 e. The van der Waals surface area contributed by atoms with E-state index >= 15 is 0 Å². The van der Waals surface area contributed by atoms with Gasteiger partial charge in [-0.2, -0.15) is 0 Å². The lowest BCUT2D eigenvalue weighted by molar-refractivity contribution is -0.113. The minimum atomic E-state index is -3.80. The van der Waals surface area contributed by atoms with Crippen LogP contribution in [0.3, 0.4) is 0 Å². The van der Waals surface area contributed by atoms with Gasteiger partial charge in [-0.3, -0.25) is 4.79 Å². The van der Waals surface area contributed by atoms with E-state index in [1.807, 2.05) is 42.0 Å². The molecule has 0 radical (unpaired) electrons. The first kappa shape index (κ1) is 21.7. The van der Waals surface area contributed by atoms with Crippen molar-refractivity contribution < 1.29 is 13.2 Å². The number of carbonyl (C=O) groups excluding carboxylic acids is 1. The Labute approximate surface area is 178 Å². The molecule has 0 fully saturated rings. The Balaban J connectivity index is 1.77. The van der Waals surface area contributed by atoms with Gasteiger partial charge in [0.2, 0.25) is 15.9 Å². The molecule has 0 spiro atoms. The summed E-state index contributed by atoms with van der Waals surface area (Å²) < 4.78 is 25.2. The van der Waals surface area contributed by atoms with Gasteiger partial charge in [0, 0.05) is 17.1 Å². The van der Waals surface area contributed by atoms with E-state index < -0.39 is 10.0 Å². The molecule has 0 saturated heterocycles. The fourth-order valence-corrected chi connectivity index (χ4v) is 4.60. The van der Waals surface area contributed by atoms with Gasteiger partial charge in [-0.25, -0.2) is 18.5 Å². The summed E-state index contributed by atoms with van der Waals surface area (Å²) in [5, 5.41) is 8.76. The molecule has 3 N–H and O–H groups in total. The van der Waals surface area contributed by atoms with Crippen molar-refractivity contribution in [2.75, 3.05) is 17.3 Å². The van der Waals surface area contributed by atoms with Crippen LogP contribution in [0, 0.1) is 0 Å². The summed E-state index contributed by atoms with van der Waals surface area (Å²) in [6.45, 7) is 2.76. The molecule has 0 unspecified atom stereocenters. The molecule has 1 amide bonds. The Kier molecular flexibility index (Phi) is 6.89. The molecule has 0 saturated carbocycles. The number of aryl methyl sites for hydroxylation is 1. The van der Waals surface area contributed by atoms with Crippen LogP contribution in [0.5, 0.6) is 0 Å². The molecular weight excluding hydrogens is 428 g/mol. The largest absolute Gasteiger partial charge is 0.325 e. The highest BCUT2D eigenvalue weighted by Crippen LogP contribution is 2.26. The number of hydrogen-bond acceptors (Lipinski definition) is 6. The zero-order chi connectivity index (χ0) is 21.0. The van der Waals surface area contributed by atoms with E-state index in [1.165, 1.54) is 23.9 Å². The maximum absolute atomic E-state index is 12.3. The van der Waals surface area contributed by atoms with Crippen molar-refractivity contribution in [1.82, 2.24) is 9.55 Å². The molecular formula is C19H22N4O3S3. The van der Waals surface area contributed by atoms with Crippen LogP contribution >= 0.6 is 23.5 Å². The lowest BCUT2D eigenvalue weighted by Crippen LogP contribution is -2.14. The lowest BCUT2D eigenvalue weighted by Gasteiger charge is -2.08. The highest BCUT2D eigenvalue weighted by molar-refractivity contribution is 7.99. The normalized spacial score (nSPS) is 11.7. The van der Waals surface area contributed by atoms with Gasteiger partial charge in [-0.15, -0.1) is 11.8 Å². The summed E-state index contributed by atoms with van der Waals surface area (Å²) >= 11 is 2.96. The number of hydrogen-bond donors (Lipinski definition) is 2. The van der Waals surface area contributed by atoms with E-state index in [1.54, 1.807) is 17.8 Å². The predicted octanol–water partition coefficient (Wildman–Crippen LogP) is 3.55. The molecule has 1 aromatic heterocycles. The Morgan fingerprint density at radius 3 is 2.55 bits per heavy atom. The van der Waals surface area contributed by atoms with E-state index in [0.29, 0.717) is 17.2 Å². The minimum Gasteiger partial charge on any atom is -0.325 e. The first-order valence-corrected chi connectivity index (χ1v) is 12.7. The number of aromatic nitrogens is 2. The van der Waals surface area contributed by atoms with Crippen molar-refractivity contribution >= 4 is 56.2 Å². The molecule has 3 rings (SSSR count). The molecule has 154 valence electrons. The number of rotatable bonds is 8. The van der Waals surface area contributed by atoms with Gasteiger partial charge in [0.15, 0.2) is 5.16 Å². The quantitative estimate of drug-likeness (QED) is 0.508. The standard InChI is InChI=1S/C19H22N4O3S3/c1-3-10-23-17-9-8-15(29(20,25)26)11-16(17)22-19(23)28-12-18(24)21-13-4-6-14(27-2)7-5-13/h4-9,11H,3,10,12H2,1-2H3,(H,21,24)(H2,20,25,26). The van der Waals surface area contributed by atoms with Crippen LogP contribution in [0.2, 0.25) is 0 Å². The number of amides is 1. The highest BCUT2D eigenvalue weighted by atomic mass is 32.2. The van der Waals surface area contributed by atoms with Crippen molar-refractivity contribution in [3.05, 3.63) is 42.5 Å². The number of benzene rings is 2. The Bertz CT molecular complexity index is 1130. The summed E-state index contributed by atoms with van der Waals surface area (Å²) in [6.07, 6.45) is 2.88. The van der Waals surface area contributed by atoms with E-state index in [0.717, 1.165) is 22.5 Å². The Hall–Kier alpha value is -2.01. The molecule has 0 bridgehead atoms. The Morgan fingerprint density at radius 1 is 1.21 bits per heavy atom. The third-order valence-corrected chi connectivity index (χ3v) is 6.80. The van der Waals surface area contributed by atoms with Crippen LogP contribution in [0.25, 0.3) is 11.0 Å². The SMILES string of the molecule is CCCn1c(SCC(=O)Nc2ccc(SC)cc2)nc2cc(S(N)(=O)=O)ccc21. The van der Waals surface area contributed by atoms with Crippen LogP contribution in [0.1, 0.15) is 13.3 Å². The molecule has 3 aromatic rings. The molecule has 0 atom stereocenters. The summed E-state index contributed by atoms with van der Waals surface area (Å²) in [5.41, 5.74) is 2.10. The number of anilines is 1. The van der Waals surface area contributed by atoms with Gasteiger partial charge in [-0.05, 0) is 55.1 Å². The smallest absolute Gasteiger partial charge is 0.238 e. The number of primary sulfonamides is 1. The number of thioether (sulfide) groups is 2. The minimum absolute atomic E-state index is 0.0223. The van der Waals surface area contributed by atoms with Gasteiger partial charge in [0.25, 0.3) is 0 Å². The highest BCUT2D eigenvalue weighted by Gasteiger charge is 2.16. The van der Waals surface area contributed by atoms with E-state index in [2.05, 4.69) is 10.3 Å². The zero-order valence-corrected chi connectivity index (χ0v) is 18.5. The van der Waals surface area contributed by atoms with Gasteiger partial charge < -0.3 is 9.88 Å². The second kappa shape index (κ2) is 9.21. The topological polar surface area (TPSA) is 107 Å². The average Bonchev–Trinajstić information content (AvgIpc) is 3.03. The third-order valence-electron chi connectivity index (χ3n) is 4.17. The first-order chi connectivity index (χ1) is 13.8. The number of nitrogens with one attached hydrogen (secondary N) is 1. The molecule has 10 heteroatoms. The lowest BCUT2D eigenvalue weighted by atomic mass is 10.3. The number of nitrogens with two attached hydrogens (primary N) is 1. The fourth-order valence-electron chi connectivity index (χ4n) is 2.82. The number of fused-ring (bicyclic) bond motifs is 1. The van der Waals surface area contributed by atoms with Gasteiger partial charge in [0.05, 0.1) is 21.7 Å². The Morgan fingerprint density at radius 2 is 1.93 bits per heavy atom. The molecule has 2 aromatic carbocycles. The van der Waals surface area contributed by atoms with Crippen LogP contribution in [-0.2, 0) is 21.4 Å². The summed E-state index contributed by atoms with van der Waals surface area (Å²) in [7, 11) is -3.80. The summed E-state index contributed by atoms with van der Waals surface area (Å²) in [5.74, 6) is 0.0616. The fraction of sp³-hybridized carbons (Fsp3) is 0.263. The molecule has 0 aliphatic carbocycles. The monoisotopic (exact) mass is 450 g/mol. The van der Waals surface area contributed by atoms with Crippen molar-refractivity contribution in [3.8, 4) is 0 Å². The number of imidazole rings is 1. The molecule has 29 heavy (non-hydrogen) atoms. The second-order valence-electron chi connectivity index (χ2n) is 6.31. The predicted molar refractivity (Wildman–Crippen MR) is 119 cm³/mol. The summed E-state index contributed by atoms with van der Waals surface area (Å²) in [4.78, 5) is 18.0. The maximum atomic E-state index is 12.3. The number of sulfonamides is 1. The average molecular weight is 451 g/mol. The van der Waals surface area contributed by atoms with Crippen LogP contribution < -0.4 is 10.5 Å². The third kappa shape index (κ3) is 5.33. The van der Waals surface area contributed by atoms with Crippen molar-refractivity contribution in [1.29, 1.82) is 0 Å². The van der Waals surface area contributed by atoms with Crippen LogP contribution in [-0.4, -0.2) is 35.9 Å². The van der Waals surface area contributed by atoms with Crippen molar-refractivity contribution in [3.63, 3.8) is 0 Å². The number of carbonyl (C=O) groups is 1. The van der Waals surface area contributed by atoms with Gasteiger partial charge in [0.1, 0.15) is 0 Å². The molecule has 1 heterocycles. The van der Waals surface area contributed by atoms with E-state index in [9.17, 15) is 13.2 Å². The number of nitrogens with zero attached hydrogens (tertiary/aromatic N) is 2. The first-order valence-electron chi connectivity index (χ1n) is 8.91. The van der Waals surface area contributed by atoms with Gasteiger partial charge in [-0.1, -0.05) is 18.7 Å². The van der Waals surface area contributed by atoms with Crippen molar-refractivity contribution in [2.24, 2.45) is 5.14 Å². The summed E-state index contributed by atoms with van der Waals surface area (Å²) in [6, 6.07) is 12.3.